The Hall–Kier alpha value is -0.890. The minimum Gasteiger partial charge on any atom is -0.446 e. The Kier molecular flexibility index (Phi) is 1.80. The first-order valence-corrected chi connectivity index (χ1v) is 2.71. The van der Waals surface area contributed by atoms with Gasteiger partial charge in [-0.15, -0.1) is 7.05 Å². The van der Waals surface area contributed by atoms with Gasteiger partial charge in [-0.1, -0.05) is 6.07 Å². The molecule has 0 atom stereocenters. The van der Waals surface area contributed by atoms with Crippen molar-refractivity contribution in [1.82, 2.24) is 0 Å². The maximum absolute atomic E-state index is 12.3. The van der Waals surface area contributed by atoms with Gasteiger partial charge in [-0.2, -0.15) is 0 Å². The molecule has 1 rings (SSSR count). The molecular weight excluding hydrogens is 117 g/mol. The molecule has 0 radical (unpaired) electrons. The first kappa shape index (κ1) is 6.23. The highest BCUT2D eigenvalue weighted by atomic mass is 19.1. The van der Waals surface area contributed by atoms with Crippen molar-refractivity contribution in [3.05, 3.63) is 37.1 Å². The number of hydrogen-bond donors (Lipinski definition) is 1. The normalized spacial score (nSPS) is 9.56. The molecule has 2 heteroatoms. The summed E-state index contributed by atoms with van der Waals surface area (Å²) >= 11 is 0. The molecule has 0 amide bonds. The quantitative estimate of drug-likeness (QED) is 0.422. The molecule has 2 N–H and O–H groups in total. The van der Waals surface area contributed by atoms with Crippen LogP contribution in [0.5, 0.6) is 0 Å². The highest BCUT2D eigenvalue weighted by Crippen LogP contribution is 2.01. The van der Waals surface area contributed by atoms with E-state index in [2.05, 4.69) is 7.05 Å². The minimum absolute atomic E-state index is 0.215. The lowest BCUT2D eigenvalue weighted by Crippen LogP contribution is -2.69. The molecule has 0 aliphatic carbocycles. The molecule has 0 unspecified atom stereocenters. The molecule has 0 aliphatic heterocycles. The van der Waals surface area contributed by atoms with E-state index >= 15 is 0 Å². The minimum atomic E-state index is -0.215. The van der Waals surface area contributed by atoms with E-state index in [1.807, 2.05) is 0 Å². The summed E-state index contributed by atoms with van der Waals surface area (Å²) in [7, 11) is 3.51. The fraction of sp³-hybridized carbons (Fsp3) is 0. The summed E-state index contributed by atoms with van der Waals surface area (Å²) in [5.74, 6) is -0.215. The van der Waals surface area contributed by atoms with Gasteiger partial charge in [-0.25, -0.2) is 4.39 Å². The third-order valence-electron chi connectivity index (χ3n) is 1.08. The van der Waals surface area contributed by atoms with Crippen molar-refractivity contribution in [2.45, 2.75) is 0 Å². The number of hydrogen-bond acceptors (Lipinski definition) is 0. The lowest BCUT2D eigenvalue weighted by atomic mass is 10.3. The summed E-state index contributed by atoms with van der Waals surface area (Å²) in [6.07, 6.45) is 0. The smallest absolute Gasteiger partial charge is 0.129 e. The van der Waals surface area contributed by atoms with Crippen LogP contribution in [0.15, 0.2) is 24.3 Å². The van der Waals surface area contributed by atoms with Gasteiger partial charge in [0.1, 0.15) is 11.5 Å². The maximum atomic E-state index is 12.3. The number of nitrogens with two attached hydrogens (primary N) is 1. The van der Waals surface area contributed by atoms with Gasteiger partial charge in [0.2, 0.25) is 0 Å². The van der Waals surface area contributed by atoms with E-state index in [-0.39, 0.29) is 5.82 Å². The monoisotopic (exact) mass is 125 g/mol. The van der Waals surface area contributed by atoms with Crippen LogP contribution >= 0.6 is 0 Å². The SMILES string of the molecule is [CH2-][NH2+]c1cccc(F)c1. The zero-order valence-electron chi connectivity index (χ0n) is 4.97. The molecule has 1 nitrogen and oxygen atoms in total. The summed E-state index contributed by atoms with van der Waals surface area (Å²) in [6, 6.07) is 6.31. The van der Waals surface area contributed by atoms with Gasteiger partial charge < -0.3 is 5.32 Å². The molecule has 0 saturated carbocycles. The number of rotatable bonds is 1. The Labute approximate surface area is 53.5 Å². The van der Waals surface area contributed by atoms with Crippen LogP contribution in [0.2, 0.25) is 0 Å². The van der Waals surface area contributed by atoms with Crippen LogP contribution in [0.25, 0.3) is 0 Å². The summed E-state index contributed by atoms with van der Waals surface area (Å²) < 4.78 is 12.3. The van der Waals surface area contributed by atoms with Crippen LogP contribution in [0, 0.1) is 12.9 Å². The second kappa shape index (κ2) is 2.60. The molecule has 0 bridgehead atoms. The molecular formula is C7H8FN. The Morgan fingerprint density at radius 1 is 1.44 bits per heavy atom. The highest BCUT2D eigenvalue weighted by Gasteiger charge is 1.90. The van der Waals surface area contributed by atoms with Crippen LogP contribution in [-0.4, -0.2) is 0 Å². The van der Waals surface area contributed by atoms with Crippen molar-refractivity contribution >= 4 is 5.69 Å². The number of halogens is 1. The molecule has 48 valence electrons. The molecule has 0 aliphatic rings. The van der Waals surface area contributed by atoms with Crippen molar-refractivity contribution in [2.24, 2.45) is 0 Å². The largest absolute Gasteiger partial charge is 0.446 e. The van der Waals surface area contributed by atoms with E-state index < -0.39 is 0 Å². The van der Waals surface area contributed by atoms with Gasteiger partial charge in [0.05, 0.1) is 0 Å². The lowest BCUT2D eigenvalue weighted by molar-refractivity contribution is -0.504. The fourth-order valence-electron chi connectivity index (χ4n) is 0.634. The van der Waals surface area contributed by atoms with Crippen molar-refractivity contribution in [3.63, 3.8) is 0 Å². The van der Waals surface area contributed by atoms with E-state index in [1.54, 1.807) is 17.4 Å². The summed E-state index contributed by atoms with van der Waals surface area (Å²) in [5, 5.41) is 1.61. The average molecular weight is 125 g/mol. The van der Waals surface area contributed by atoms with Crippen molar-refractivity contribution in [3.8, 4) is 0 Å². The summed E-state index contributed by atoms with van der Waals surface area (Å²) in [6.45, 7) is 0. The lowest BCUT2D eigenvalue weighted by Gasteiger charge is -1.96. The first-order chi connectivity index (χ1) is 4.33. The van der Waals surface area contributed by atoms with Crippen molar-refractivity contribution in [2.75, 3.05) is 0 Å². The number of benzene rings is 1. The Balaban J connectivity index is 2.94. The number of quaternary nitrogens is 1. The second-order valence-corrected chi connectivity index (χ2v) is 1.76. The van der Waals surface area contributed by atoms with E-state index in [0.29, 0.717) is 0 Å². The molecule has 1 aromatic carbocycles. The zero-order valence-corrected chi connectivity index (χ0v) is 4.97. The standard InChI is InChI=1S/C7H8FN/c1-9-7-4-2-3-6(8)5-7/h2-5H,1,9H2. The first-order valence-electron chi connectivity index (χ1n) is 2.71. The van der Waals surface area contributed by atoms with E-state index in [0.717, 1.165) is 5.69 Å². The van der Waals surface area contributed by atoms with E-state index in [9.17, 15) is 4.39 Å². The average Bonchev–Trinajstić information content (AvgIpc) is 1.88. The fourth-order valence-corrected chi connectivity index (χ4v) is 0.634. The van der Waals surface area contributed by atoms with Gasteiger partial charge in [0, 0.05) is 6.07 Å². The second-order valence-electron chi connectivity index (χ2n) is 1.76. The highest BCUT2D eigenvalue weighted by molar-refractivity contribution is 5.27. The van der Waals surface area contributed by atoms with Crippen LogP contribution in [0.4, 0.5) is 10.1 Å². The van der Waals surface area contributed by atoms with E-state index in [4.69, 9.17) is 0 Å². The molecule has 0 spiro atoms. The Morgan fingerprint density at radius 2 is 2.22 bits per heavy atom. The van der Waals surface area contributed by atoms with Gasteiger partial charge in [0.15, 0.2) is 0 Å². The third-order valence-corrected chi connectivity index (χ3v) is 1.08. The predicted molar refractivity (Wildman–Crippen MR) is 33.3 cm³/mol. The van der Waals surface area contributed by atoms with Crippen LogP contribution in [0.3, 0.4) is 0 Å². The van der Waals surface area contributed by atoms with E-state index in [1.165, 1.54) is 12.1 Å². The molecule has 0 fully saturated rings. The zero-order chi connectivity index (χ0) is 6.69. The topological polar surface area (TPSA) is 16.6 Å². The summed E-state index contributed by atoms with van der Waals surface area (Å²) in [5.41, 5.74) is 0.815. The van der Waals surface area contributed by atoms with Gasteiger partial charge in [-0.3, -0.25) is 0 Å². The van der Waals surface area contributed by atoms with Gasteiger partial charge in [-0.05, 0) is 12.1 Å². The Morgan fingerprint density at radius 3 is 2.67 bits per heavy atom. The van der Waals surface area contributed by atoms with Gasteiger partial charge >= 0.3 is 0 Å². The molecule has 0 aromatic heterocycles. The van der Waals surface area contributed by atoms with Crippen LogP contribution < -0.4 is 5.32 Å². The molecule has 0 saturated heterocycles. The summed E-state index contributed by atoms with van der Waals surface area (Å²) in [4.78, 5) is 0. The maximum Gasteiger partial charge on any atom is 0.129 e. The van der Waals surface area contributed by atoms with Crippen molar-refractivity contribution in [1.29, 1.82) is 0 Å². The van der Waals surface area contributed by atoms with Crippen molar-refractivity contribution < 1.29 is 9.71 Å². The van der Waals surface area contributed by atoms with Gasteiger partial charge in [0.25, 0.3) is 0 Å². The Bertz CT molecular complexity index is 198. The van der Waals surface area contributed by atoms with Crippen LogP contribution in [-0.2, 0) is 0 Å². The molecule has 1 aromatic rings. The van der Waals surface area contributed by atoms with Crippen LogP contribution in [0.1, 0.15) is 0 Å². The third kappa shape index (κ3) is 1.50. The molecule has 0 heterocycles. The molecule has 9 heavy (non-hydrogen) atoms. The predicted octanol–water partition coefficient (Wildman–Crippen LogP) is 0.812.